The highest BCUT2D eigenvalue weighted by Crippen LogP contribution is 2.40. The molecule has 1 N–H and O–H groups in total. The van der Waals surface area contributed by atoms with Crippen molar-refractivity contribution in [3.8, 4) is 11.4 Å². The van der Waals surface area contributed by atoms with Crippen LogP contribution in [-0.2, 0) is 14.3 Å². The largest absolute Gasteiger partial charge is 0.507 e. The molecule has 0 bridgehead atoms. The highest BCUT2D eigenvalue weighted by atomic mass is 16.5. The smallest absolute Gasteiger partial charge is 0.295 e. The van der Waals surface area contributed by atoms with Crippen molar-refractivity contribution in [3.05, 3.63) is 83.2 Å². The lowest BCUT2D eigenvalue weighted by atomic mass is 9.95. The van der Waals surface area contributed by atoms with Crippen LogP contribution < -0.4 is 4.74 Å². The summed E-state index contributed by atoms with van der Waals surface area (Å²) in [5.74, 6) is -0.823. The van der Waals surface area contributed by atoms with Crippen LogP contribution in [0, 0.1) is 6.92 Å². The van der Waals surface area contributed by atoms with E-state index < -0.39 is 17.7 Å². The number of carbonyl (C=O) groups excluding carboxylic acids is 2. The lowest BCUT2D eigenvalue weighted by molar-refractivity contribution is -0.140. The van der Waals surface area contributed by atoms with Gasteiger partial charge in [0, 0.05) is 26.2 Å². The van der Waals surface area contributed by atoms with Crippen LogP contribution in [0.5, 0.6) is 5.75 Å². The van der Waals surface area contributed by atoms with Crippen LogP contribution in [0.25, 0.3) is 11.4 Å². The number of aliphatic hydroxyl groups excluding tert-OH is 1. The van der Waals surface area contributed by atoms with Crippen molar-refractivity contribution in [3.63, 3.8) is 0 Å². The van der Waals surface area contributed by atoms with Gasteiger partial charge in [-0.3, -0.25) is 14.5 Å². The molecule has 2 saturated heterocycles. The lowest BCUT2D eigenvalue weighted by Crippen LogP contribution is -2.42. The first-order valence-corrected chi connectivity index (χ1v) is 13.4. The second-order valence-corrected chi connectivity index (χ2v) is 9.76. The van der Waals surface area contributed by atoms with Gasteiger partial charge in [-0.05, 0) is 43.2 Å². The van der Waals surface area contributed by atoms with E-state index >= 15 is 0 Å². The van der Waals surface area contributed by atoms with Gasteiger partial charge < -0.3 is 19.5 Å². The number of benzene rings is 2. The molecule has 3 aromatic rings. The van der Waals surface area contributed by atoms with Crippen LogP contribution in [0.4, 0.5) is 0 Å². The number of aliphatic hydroxyl groups is 1. The van der Waals surface area contributed by atoms with E-state index in [-0.39, 0.29) is 11.3 Å². The zero-order valence-corrected chi connectivity index (χ0v) is 22.4. The molecule has 0 aliphatic carbocycles. The minimum Gasteiger partial charge on any atom is -0.507 e. The molecule has 204 valence electrons. The molecule has 0 radical (unpaired) electrons. The summed E-state index contributed by atoms with van der Waals surface area (Å²) in [7, 11) is 0. The summed E-state index contributed by atoms with van der Waals surface area (Å²) in [5.41, 5.74) is 2.71. The van der Waals surface area contributed by atoms with Crippen LogP contribution in [0.2, 0.25) is 0 Å². The molecule has 1 atom stereocenters. The summed E-state index contributed by atoms with van der Waals surface area (Å²) in [5, 5.41) is 16.0. The number of rotatable bonds is 9. The second-order valence-electron chi connectivity index (χ2n) is 9.76. The number of morpholine rings is 1. The number of para-hydroxylation sites is 1. The maximum absolute atomic E-state index is 13.5. The molecule has 5 rings (SSSR count). The summed E-state index contributed by atoms with van der Waals surface area (Å²) in [4.78, 5) is 30.6. The van der Waals surface area contributed by atoms with E-state index in [0.717, 1.165) is 30.8 Å². The maximum atomic E-state index is 13.5. The Labute approximate surface area is 228 Å². The molecule has 2 aliphatic rings. The highest BCUT2D eigenvalue weighted by molar-refractivity contribution is 6.46. The maximum Gasteiger partial charge on any atom is 0.295 e. The minimum atomic E-state index is -0.731. The quantitative estimate of drug-likeness (QED) is 0.256. The van der Waals surface area contributed by atoms with Crippen LogP contribution in [0.3, 0.4) is 0 Å². The molecule has 0 saturated carbocycles. The number of ketones is 1. The number of hydrogen-bond acceptors (Lipinski definition) is 7. The van der Waals surface area contributed by atoms with Gasteiger partial charge in [-0.2, -0.15) is 5.10 Å². The van der Waals surface area contributed by atoms with Gasteiger partial charge >= 0.3 is 0 Å². The van der Waals surface area contributed by atoms with E-state index in [0.29, 0.717) is 49.9 Å². The van der Waals surface area contributed by atoms with E-state index in [4.69, 9.17) is 9.47 Å². The van der Waals surface area contributed by atoms with Gasteiger partial charge in [-0.15, -0.1) is 0 Å². The second kappa shape index (κ2) is 11.8. The fraction of sp³-hybridized carbons (Fsp3) is 0.367. The summed E-state index contributed by atoms with van der Waals surface area (Å²) < 4.78 is 12.9. The number of aromatic nitrogens is 2. The third kappa shape index (κ3) is 5.46. The van der Waals surface area contributed by atoms with Crippen LogP contribution in [0.1, 0.15) is 36.2 Å². The fourth-order valence-electron chi connectivity index (χ4n) is 5.11. The van der Waals surface area contributed by atoms with Crippen molar-refractivity contribution >= 4 is 17.4 Å². The standard InChI is InChI=1S/C30H34N4O5/c1-3-17-39-24-11-9-22(10-12-24)27-26(29(36)30(37)33(27)14-13-32-15-18-38-19-16-32)28(35)25-20-31-34(21(25)2)23-7-5-4-6-8-23/h4-12,20,27,35H,3,13-19H2,1-2H3. The summed E-state index contributed by atoms with van der Waals surface area (Å²) in [6.07, 6.45) is 2.43. The SMILES string of the molecule is CCCOc1ccc(C2C(=C(O)c3cnn(-c4ccccc4)c3C)C(=O)C(=O)N2CCN2CCOCC2)cc1. The number of carbonyl (C=O) groups is 2. The molecule has 1 aromatic heterocycles. The van der Waals surface area contributed by atoms with Gasteiger partial charge in [-0.1, -0.05) is 37.3 Å². The zero-order valence-electron chi connectivity index (χ0n) is 22.4. The van der Waals surface area contributed by atoms with Gasteiger partial charge in [0.1, 0.15) is 11.5 Å². The van der Waals surface area contributed by atoms with Gasteiger partial charge in [0.15, 0.2) is 0 Å². The van der Waals surface area contributed by atoms with Crippen LogP contribution in [0.15, 0.2) is 66.4 Å². The molecule has 1 amide bonds. The summed E-state index contributed by atoms with van der Waals surface area (Å²) in [6, 6.07) is 16.2. The Balaban J connectivity index is 1.53. The number of amides is 1. The predicted molar refractivity (Wildman–Crippen MR) is 147 cm³/mol. The summed E-state index contributed by atoms with van der Waals surface area (Å²) in [6.45, 7) is 8.26. The Hall–Kier alpha value is -3.95. The zero-order chi connectivity index (χ0) is 27.4. The van der Waals surface area contributed by atoms with Crippen molar-refractivity contribution in [2.75, 3.05) is 46.0 Å². The van der Waals surface area contributed by atoms with Crippen molar-refractivity contribution in [2.45, 2.75) is 26.3 Å². The Morgan fingerprint density at radius 1 is 1.05 bits per heavy atom. The van der Waals surface area contributed by atoms with Crippen LogP contribution in [-0.4, -0.2) is 82.4 Å². The first kappa shape index (κ1) is 26.6. The Kier molecular flexibility index (Phi) is 8.09. The van der Waals surface area contributed by atoms with E-state index in [2.05, 4.69) is 10.00 Å². The molecule has 9 heteroatoms. The number of hydrogen-bond donors (Lipinski definition) is 1. The Morgan fingerprint density at radius 2 is 1.77 bits per heavy atom. The molecular formula is C30H34N4O5. The normalized spacial score (nSPS) is 19.5. The third-order valence-electron chi connectivity index (χ3n) is 7.24. The minimum absolute atomic E-state index is 0.0694. The molecule has 39 heavy (non-hydrogen) atoms. The summed E-state index contributed by atoms with van der Waals surface area (Å²) >= 11 is 0. The molecule has 9 nitrogen and oxygen atoms in total. The van der Waals surface area contributed by atoms with Gasteiger partial charge in [0.25, 0.3) is 11.7 Å². The Bertz CT molecular complexity index is 1340. The first-order chi connectivity index (χ1) is 19.0. The van der Waals surface area contributed by atoms with E-state index in [1.165, 1.54) is 6.20 Å². The van der Waals surface area contributed by atoms with Gasteiger partial charge in [0.05, 0.1) is 54.6 Å². The number of nitrogens with zero attached hydrogens (tertiary/aromatic N) is 4. The molecule has 2 aliphatic heterocycles. The van der Waals surface area contributed by atoms with Crippen molar-refractivity contribution in [1.29, 1.82) is 0 Å². The molecule has 2 fully saturated rings. The van der Waals surface area contributed by atoms with E-state index in [1.54, 1.807) is 9.58 Å². The number of likely N-dealkylation sites (tertiary alicyclic amines) is 1. The monoisotopic (exact) mass is 530 g/mol. The van der Waals surface area contributed by atoms with Crippen molar-refractivity contribution in [2.24, 2.45) is 0 Å². The van der Waals surface area contributed by atoms with Gasteiger partial charge in [0.2, 0.25) is 0 Å². The third-order valence-corrected chi connectivity index (χ3v) is 7.24. The van der Waals surface area contributed by atoms with Crippen molar-refractivity contribution in [1.82, 2.24) is 19.6 Å². The van der Waals surface area contributed by atoms with Crippen molar-refractivity contribution < 1.29 is 24.2 Å². The molecular weight excluding hydrogens is 496 g/mol. The first-order valence-electron chi connectivity index (χ1n) is 13.4. The average Bonchev–Trinajstić information content (AvgIpc) is 3.48. The fourth-order valence-corrected chi connectivity index (χ4v) is 5.11. The van der Waals surface area contributed by atoms with Gasteiger partial charge in [-0.25, -0.2) is 4.68 Å². The number of ether oxygens (including phenoxy) is 2. The molecule has 0 spiro atoms. The predicted octanol–water partition coefficient (Wildman–Crippen LogP) is 3.72. The van der Waals surface area contributed by atoms with E-state index in [1.807, 2.05) is 68.4 Å². The Morgan fingerprint density at radius 3 is 2.46 bits per heavy atom. The lowest BCUT2D eigenvalue weighted by Gasteiger charge is -2.31. The number of Topliss-reactive ketones (excluding diaryl/α,β-unsaturated/α-hetero) is 1. The molecule has 1 unspecified atom stereocenters. The average molecular weight is 531 g/mol. The molecule has 3 heterocycles. The van der Waals surface area contributed by atoms with Crippen LogP contribution >= 0.6 is 0 Å². The molecule has 2 aromatic carbocycles. The topological polar surface area (TPSA) is 97.1 Å². The highest BCUT2D eigenvalue weighted by Gasteiger charge is 2.46. The van der Waals surface area contributed by atoms with E-state index in [9.17, 15) is 14.7 Å².